The first-order valence-electron chi connectivity index (χ1n) is 2.96. The highest BCUT2D eigenvalue weighted by Crippen LogP contribution is 2.06. The van der Waals surface area contributed by atoms with Gasteiger partial charge in [-0.25, -0.2) is 0 Å². The minimum atomic E-state index is 0.00694. The highest BCUT2D eigenvalue weighted by Gasteiger charge is 2.09. The van der Waals surface area contributed by atoms with Gasteiger partial charge in [0.15, 0.2) is 0 Å². The molecule has 0 spiro atoms. The van der Waals surface area contributed by atoms with Gasteiger partial charge in [0, 0.05) is 18.2 Å². The molecule has 0 saturated carbocycles. The van der Waals surface area contributed by atoms with Crippen molar-refractivity contribution < 1.29 is 0 Å². The lowest BCUT2D eigenvalue weighted by Gasteiger charge is -2.14. The molecule has 0 fully saturated rings. The molecule has 1 rings (SSSR count). The molecule has 0 aliphatic heterocycles. The molecule has 0 amide bonds. The smallest absolute Gasteiger partial charge is 0.0341 e. The molecule has 1 aliphatic carbocycles. The summed E-state index contributed by atoms with van der Waals surface area (Å²) in [4.78, 5) is 0. The lowest BCUT2D eigenvalue weighted by molar-refractivity contribution is 0.726. The van der Waals surface area contributed by atoms with Crippen molar-refractivity contribution in [3.8, 4) is 0 Å². The largest absolute Gasteiger partial charge is 0.324 e. The summed E-state index contributed by atoms with van der Waals surface area (Å²) in [7, 11) is 0. The fourth-order valence-electron chi connectivity index (χ4n) is 0.808. The lowest BCUT2D eigenvalue weighted by atomic mass is 9.97. The van der Waals surface area contributed by atoms with Crippen molar-refractivity contribution in [3.63, 3.8) is 0 Å². The molecule has 9 heavy (non-hydrogen) atoms. The number of hydrogen-bond acceptors (Lipinski definition) is 2. The van der Waals surface area contributed by atoms with E-state index in [4.69, 9.17) is 11.1 Å². The van der Waals surface area contributed by atoms with Crippen LogP contribution in [0.15, 0.2) is 24.3 Å². The summed E-state index contributed by atoms with van der Waals surface area (Å²) in [5.74, 6) is 0.106. The van der Waals surface area contributed by atoms with Gasteiger partial charge in [0.05, 0.1) is 0 Å². The summed E-state index contributed by atoms with van der Waals surface area (Å²) in [6, 6.07) is 0.00694. The van der Waals surface area contributed by atoms with Crippen LogP contribution in [0.3, 0.4) is 0 Å². The molecule has 0 bridgehead atoms. The van der Waals surface area contributed by atoms with Crippen molar-refractivity contribution in [2.24, 2.45) is 11.7 Å². The van der Waals surface area contributed by atoms with Crippen LogP contribution in [0.1, 0.15) is 0 Å². The van der Waals surface area contributed by atoms with Crippen molar-refractivity contribution in [2.45, 2.75) is 6.04 Å². The fraction of sp³-hybridized carbons (Fsp3) is 0.286. The summed E-state index contributed by atoms with van der Waals surface area (Å²) >= 11 is 0. The van der Waals surface area contributed by atoms with E-state index >= 15 is 0 Å². The zero-order chi connectivity index (χ0) is 6.69. The maximum atomic E-state index is 6.94. The van der Waals surface area contributed by atoms with Crippen molar-refractivity contribution in [2.75, 3.05) is 0 Å². The van der Waals surface area contributed by atoms with E-state index in [-0.39, 0.29) is 12.0 Å². The zero-order valence-corrected chi connectivity index (χ0v) is 5.12. The van der Waals surface area contributed by atoms with Crippen molar-refractivity contribution in [1.29, 1.82) is 5.41 Å². The Morgan fingerprint density at radius 2 is 2.00 bits per heavy atom. The standard InChI is InChI=1S/C7H10N2/c8-5-6-3-1-2-4-7(6)9/h1-8H,9H2. The molecule has 2 nitrogen and oxygen atoms in total. The van der Waals surface area contributed by atoms with Crippen LogP contribution in [0.4, 0.5) is 0 Å². The van der Waals surface area contributed by atoms with Crippen molar-refractivity contribution in [3.05, 3.63) is 24.3 Å². The van der Waals surface area contributed by atoms with Crippen LogP contribution in [0.2, 0.25) is 0 Å². The molecule has 1 aliphatic rings. The van der Waals surface area contributed by atoms with Gasteiger partial charge in [0.1, 0.15) is 0 Å². The fourth-order valence-corrected chi connectivity index (χ4v) is 0.808. The summed E-state index contributed by atoms with van der Waals surface area (Å²) in [5.41, 5.74) is 5.60. The van der Waals surface area contributed by atoms with Crippen LogP contribution in [0.25, 0.3) is 0 Å². The maximum Gasteiger partial charge on any atom is 0.0341 e. The van der Waals surface area contributed by atoms with Gasteiger partial charge in [0.25, 0.3) is 0 Å². The molecule has 2 unspecified atom stereocenters. The van der Waals surface area contributed by atoms with E-state index in [9.17, 15) is 0 Å². The molecule has 3 N–H and O–H groups in total. The number of nitrogens with two attached hydrogens (primary N) is 1. The second kappa shape index (κ2) is 2.60. The molecule has 2 heteroatoms. The molecule has 0 radical (unpaired) electrons. The summed E-state index contributed by atoms with van der Waals surface area (Å²) in [6.45, 7) is 0. The van der Waals surface area contributed by atoms with Crippen LogP contribution in [-0.2, 0) is 0 Å². The van der Waals surface area contributed by atoms with E-state index in [1.807, 2.05) is 24.3 Å². The summed E-state index contributed by atoms with van der Waals surface area (Å²) < 4.78 is 0. The third kappa shape index (κ3) is 1.27. The predicted molar refractivity (Wildman–Crippen MR) is 38.5 cm³/mol. The lowest BCUT2D eigenvalue weighted by Crippen LogP contribution is -2.28. The first-order chi connectivity index (χ1) is 4.34. The minimum absolute atomic E-state index is 0.00694. The Kier molecular flexibility index (Phi) is 1.80. The van der Waals surface area contributed by atoms with Crippen molar-refractivity contribution in [1.82, 2.24) is 0 Å². The van der Waals surface area contributed by atoms with E-state index in [1.165, 1.54) is 6.21 Å². The minimum Gasteiger partial charge on any atom is -0.324 e. The monoisotopic (exact) mass is 122 g/mol. The van der Waals surface area contributed by atoms with Gasteiger partial charge in [0.2, 0.25) is 0 Å². The Labute approximate surface area is 54.6 Å². The number of allylic oxidation sites excluding steroid dienone is 2. The van der Waals surface area contributed by atoms with E-state index in [0.29, 0.717) is 0 Å². The summed E-state index contributed by atoms with van der Waals surface area (Å²) in [5, 5.41) is 6.94. The van der Waals surface area contributed by atoms with Gasteiger partial charge < -0.3 is 11.1 Å². The number of nitrogens with one attached hydrogen (secondary N) is 1. The van der Waals surface area contributed by atoms with Gasteiger partial charge in [-0.2, -0.15) is 0 Å². The molecular formula is C7H10N2. The molecule has 0 aromatic carbocycles. The first-order valence-corrected chi connectivity index (χ1v) is 2.96. The van der Waals surface area contributed by atoms with Gasteiger partial charge in [-0.05, 0) is 0 Å². The molecule has 2 atom stereocenters. The zero-order valence-electron chi connectivity index (χ0n) is 5.12. The Balaban J connectivity index is 2.65. The molecule has 48 valence electrons. The Hall–Kier alpha value is -0.890. The van der Waals surface area contributed by atoms with Crippen LogP contribution in [0.5, 0.6) is 0 Å². The SMILES string of the molecule is N=CC1C=CC=CC1N. The predicted octanol–water partition coefficient (Wildman–Crippen LogP) is 0.705. The number of rotatable bonds is 1. The molecular weight excluding hydrogens is 112 g/mol. The average Bonchev–Trinajstić information content (AvgIpc) is 1.89. The van der Waals surface area contributed by atoms with Crippen LogP contribution in [0, 0.1) is 11.3 Å². The Morgan fingerprint density at radius 1 is 1.33 bits per heavy atom. The maximum absolute atomic E-state index is 6.94. The van der Waals surface area contributed by atoms with E-state index in [2.05, 4.69) is 0 Å². The van der Waals surface area contributed by atoms with Gasteiger partial charge in [-0.1, -0.05) is 24.3 Å². The average molecular weight is 122 g/mol. The normalized spacial score (nSPS) is 32.6. The van der Waals surface area contributed by atoms with Gasteiger partial charge >= 0.3 is 0 Å². The quantitative estimate of drug-likeness (QED) is 0.494. The van der Waals surface area contributed by atoms with E-state index in [0.717, 1.165) is 0 Å². The highest BCUT2D eigenvalue weighted by molar-refractivity contribution is 5.62. The van der Waals surface area contributed by atoms with Crippen LogP contribution >= 0.6 is 0 Å². The summed E-state index contributed by atoms with van der Waals surface area (Å²) in [6.07, 6.45) is 9.02. The highest BCUT2D eigenvalue weighted by atomic mass is 14.6. The van der Waals surface area contributed by atoms with Crippen molar-refractivity contribution >= 4 is 6.21 Å². The molecule has 0 heterocycles. The van der Waals surface area contributed by atoms with E-state index in [1.54, 1.807) is 0 Å². The third-order valence-electron chi connectivity index (χ3n) is 1.41. The van der Waals surface area contributed by atoms with Gasteiger partial charge in [-0.3, -0.25) is 0 Å². The topological polar surface area (TPSA) is 49.9 Å². The third-order valence-corrected chi connectivity index (χ3v) is 1.41. The number of hydrogen-bond donors (Lipinski definition) is 2. The Morgan fingerprint density at radius 3 is 2.44 bits per heavy atom. The van der Waals surface area contributed by atoms with E-state index < -0.39 is 0 Å². The molecule has 0 aromatic rings. The Bertz CT molecular complexity index is 158. The molecule has 0 aromatic heterocycles. The second-order valence-corrected chi connectivity index (χ2v) is 2.09. The first kappa shape index (κ1) is 6.23. The van der Waals surface area contributed by atoms with Gasteiger partial charge in [-0.15, -0.1) is 0 Å². The molecule has 0 saturated heterocycles. The second-order valence-electron chi connectivity index (χ2n) is 2.09. The van der Waals surface area contributed by atoms with Crippen LogP contribution < -0.4 is 5.73 Å². The van der Waals surface area contributed by atoms with Crippen LogP contribution in [-0.4, -0.2) is 12.3 Å².